The van der Waals surface area contributed by atoms with Crippen LogP contribution >= 0.6 is 0 Å². The quantitative estimate of drug-likeness (QED) is 0.338. The number of rotatable bonds is 7. The number of aromatic nitrogens is 3. The number of pyridine rings is 1. The van der Waals surface area contributed by atoms with Crippen LogP contribution in [0.1, 0.15) is 31.4 Å². The number of benzene rings is 2. The number of nitrogens with zero attached hydrogens (tertiary/aromatic N) is 3. The zero-order valence-corrected chi connectivity index (χ0v) is 22.6. The number of Topliss-reactive ketones (excluding diaryl/α,β-unsaturated/α-hetero) is 1. The van der Waals surface area contributed by atoms with Crippen molar-refractivity contribution in [3.8, 4) is 34.2 Å². The van der Waals surface area contributed by atoms with Gasteiger partial charge in [-0.25, -0.2) is 8.42 Å². The van der Waals surface area contributed by atoms with Gasteiger partial charge in [0.05, 0.1) is 5.69 Å². The Balaban J connectivity index is 1.45. The fourth-order valence-corrected chi connectivity index (χ4v) is 5.08. The highest BCUT2D eigenvalue weighted by Crippen LogP contribution is 2.23. The molecule has 2 aromatic carbocycles. The van der Waals surface area contributed by atoms with Crippen LogP contribution in [0, 0.1) is 11.8 Å². The minimum Gasteiger partial charge on any atom is -0.315 e. The predicted octanol–water partition coefficient (Wildman–Crippen LogP) is 4.10. The maximum absolute atomic E-state index is 12.7. The van der Waals surface area contributed by atoms with Crippen LogP contribution in [0.3, 0.4) is 0 Å². The van der Waals surface area contributed by atoms with Gasteiger partial charge in [-0.2, -0.15) is 5.10 Å². The molecule has 7 nitrogen and oxygen atoms in total. The minimum atomic E-state index is -3.62. The number of carbonyl (C=O) groups excluding carboxylic acids is 1. The second-order valence-electron chi connectivity index (χ2n) is 9.50. The predicted molar refractivity (Wildman–Crippen MR) is 149 cm³/mol. The molecule has 1 atom stereocenters. The van der Waals surface area contributed by atoms with Gasteiger partial charge in [-0.05, 0) is 73.4 Å². The van der Waals surface area contributed by atoms with Crippen LogP contribution in [0.2, 0.25) is 0 Å². The summed E-state index contributed by atoms with van der Waals surface area (Å²) in [5.41, 5.74) is 5.21. The van der Waals surface area contributed by atoms with Crippen molar-refractivity contribution in [1.82, 2.24) is 14.3 Å². The molecule has 2 heterocycles. The first-order valence-corrected chi connectivity index (χ1v) is 14.0. The van der Waals surface area contributed by atoms with E-state index in [1.54, 1.807) is 18.5 Å². The van der Waals surface area contributed by atoms with E-state index in [0.717, 1.165) is 39.8 Å². The van der Waals surface area contributed by atoms with Gasteiger partial charge in [-0.15, -0.1) is 0 Å². The average Bonchev–Trinajstić information content (AvgIpc) is 3.32. The molecule has 0 spiro atoms. The van der Waals surface area contributed by atoms with E-state index in [0.29, 0.717) is 0 Å². The highest BCUT2D eigenvalue weighted by molar-refractivity contribution is 7.92. The first kappa shape index (κ1) is 26.8. The Morgan fingerprint density at radius 2 is 1.50 bits per heavy atom. The number of hydrogen-bond donors (Lipinski definition) is 0. The lowest BCUT2D eigenvalue weighted by molar-refractivity contribution is -0.119. The largest absolute Gasteiger partial charge is 0.315 e. The van der Waals surface area contributed by atoms with E-state index in [2.05, 4.69) is 16.9 Å². The fraction of sp³-hybridized carbons (Fsp3) is 0.233. The van der Waals surface area contributed by atoms with Crippen molar-refractivity contribution in [2.45, 2.75) is 31.6 Å². The van der Waals surface area contributed by atoms with E-state index in [9.17, 15) is 18.0 Å². The van der Waals surface area contributed by atoms with E-state index in [-0.39, 0.29) is 18.5 Å². The summed E-state index contributed by atoms with van der Waals surface area (Å²) in [5.74, 6) is 5.91. The van der Waals surface area contributed by atoms with Crippen molar-refractivity contribution in [2.24, 2.45) is 7.05 Å². The molecule has 0 bridgehead atoms. The second kappa shape index (κ2) is 10.6. The Kier molecular flexibility index (Phi) is 7.51. The SMILES string of the molecule is CC(=O)C(C)(CCn1ccc(-c2ccc(C#Cc3ccc(-c4ccnn4C)cc3)cc2)cc1=O)S(C)(=O)=O. The number of ketones is 1. The van der Waals surface area contributed by atoms with Crippen molar-refractivity contribution >= 4 is 15.6 Å². The third-order valence-corrected chi connectivity index (χ3v) is 9.09. The molecule has 0 radical (unpaired) electrons. The van der Waals surface area contributed by atoms with Gasteiger partial charge < -0.3 is 4.57 Å². The Morgan fingerprint density at radius 3 is 1.97 bits per heavy atom. The first-order valence-electron chi connectivity index (χ1n) is 12.1. The molecule has 2 aromatic heterocycles. The van der Waals surface area contributed by atoms with Crippen LogP contribution in [0.5, 0.6) is 0 Å². The van der Waals surface area contributed by atoms with Crippen LogP contribution in [0.25, 0.3) is 22.4 Å². The number of aryl methyl sites for hydroxylation is 2. The highest BCUT2D eigenvalue weighted by atomic mass is 32.2. The zero-order valence-electron chi connectivity index (χ0n) is 21.8. The molecule has 38 heavy (non-hydrogen) atoms. The molecule has 0 fully saturated rings. The first-order chi connectivity index (χ1) is 18.0. The molecule has 0 saturated carbocycles. The van der Waals surface area contributed by atoms with Crippen molar-refractivity contribution in [3.05, 3.63) is 101 Å². The van der Waals surface area contributed by atoms with Crippen molar-refractivity contribution in [1.29, 1.82) is 0 Å². The molecule has 8 heteroatoms. The van der Waals surface area contributed by atoms with E-state index >= 15 is 0 Å². The summed E-state index contributed by atoms with van der Waals surface area (Å²) >= 11 is 0. The monoisotopic (exact) mass is 527 g/mol. The molecule has 0 aliphatic carbocycles. The van der Waals surface area contributed by atoms with Crippen molar-refractivity contribution in [2.75, 3.05) is 6.26 Å². The summed E-state index contributed by atoms with van der Waals surface area (Å²) in [6, 6.07) is 20.9. The summed E-state index contributed by atoms with van der Waals surface area (Å²) < 4.78 is 26.0. The van der Waals surface area contributed by atoms with E-state index in [1.807, 2.05) is 66.3 Å². The molecule has 0 aliphatic heterocycles. The molecule has 0 saturated heterocycles. The van der Waals surface area contributed by atoms with E-state index in [1.165, 1.54) is 24.5 Å². The van der Waals surface area contributed by atoms with E-state index < -0.39 is 20.4 Å². The van der Waals surface area contributed by atoms with Crippen LogP contribution in [0.15, 0.2) is 83.9 Å². The Hall–Kier alpha value is -4.22. The molecule has 0 amide bonds. The summed E-state index contributed by atoms with van der Waals surface area (Å²) in [7, 11) is -1.71. The fourth-order valence-electron chi connectivity index (χ4n) is 4.10. The van der Waals surface area contributed by atoms with Gasteiger partial charge in [0.25, 0.3) is 5.56 Å². The van der Waals surface area contributed by atoms with Gasteiger partial charge in [-0.1, -0.05) is 36.1 Å². The molecular formula is C30H29N3O4S. The molecule has 4 aromatic rings. The molecule has 0 N–H and O–H groups in total. The van der Waals surface area contributed by atoms with E-state index in [4.69, 9.17) is 0 Å². The number of hydrogen-bond acceptors (Lipinski definition) is 5. The highest BCUT2D eigenvalue weighted by Gasteiger charge is 2.40. The Bertz CT molecular complexity index is 1700. The van der Waals surface area contributed by atoms with Crippen LogP contribution in [-0.2, 0) is 28.2 Å². The lowest BCUT2D eigenvalue weighted by Gasteiger charge is -2.24. The molecular weight excluding hydrogens is 498 g/mol. The van der Waals surface area contributed by atoms with Gasteiger partial charge in [0.15, 0.2) is 15.6 Å². The average molecular weight is 528 g/mol. The molecule has 0 aliphatic rings. The Labute approximate surface area is 222 Å². The van der Waals surface area contributed by atoms with Gasteiger partial charge in [0.2, 0.25) is 0 Å². The summed E-state index contributed by atoms with van der Waals surface area (Å²) in [6.07, 6.45) is 4.47. The van der Waals surface area contributed by atoms with Crippen molar-refractivity contribution in [3.63, 3.8) is 0 Å². The number of carbonyl (C=O) groups is 1. The summed E-state index contributed by atoms with van der Waals surface area (Å²) in [6.45, 7) is 2.80. The molecule has 194 valence electrons. The van der Waals surface area contributed by atoms with Crippen LogP contribution in [-0.4, -0.2) is 39.6 Å². The smallest absolute Gasteiger partial charge is 0.251 e. The third-order valence-electron chi connectivity index (χ3n) is 6.96. The van der Waals surface area contributed by atoms with Gasteiger partial charge >= 0.3 is 0 Å². The van der Waals surface area contributed by atoms with Gasteiger partial charge in [0.1, 0.15) is 4.75 Å². The van der Waals surface area contributed by atoms with Gasteiger partial charge in [-0.3, -0.25) is 14.3 Å². The van der Waals surface area contributed by atoms with Crippen molar-refractivity contribution < 1.29 is 13.2 Å². The normalized spacial score (nSPS) is 12.8. The van der Waals surface area contributed by atoms with Crippen LogP contribution < -0.4 is 5.56 Å². The molecule has 1 unspecified atom stereocenters. The van der Waals surface area contributed by atoms with Gasteiger partial charge in [0, 0.05) is 49.4 Å². The standard InChI is InChI=1S/C30H29N3O4S/c1-22(34)30(2,38(4,36)37)17-20-33-19-16-27(21-29(33)35)25-11-7-23(8-12-25)5-6-24-9-13-26(14-10-24)28-15-18-31-32(28)3/h7-16,18-19,21H,17,20H2,1-4H3. The van der Waals surface area contributed by atoms with Crippen LogP contribution in [0.4, 0.5) is 0 Å². The summed E-state index contributed by atoms with van der Waals surface area (Å²) in [4.78, 5) is 24.7. The minimum absolute atomic E-state index is 0.0276. The lowest BCUT2D eigenvalue weighted by atomic mass is 10.0. The number of sulfone groups is 1. The maximum atomic E-state index is 12.7. The second-order valence-corrected chi connectivity index (χ2v) is 11.9. The summed E-state index contributed by atoms with van der Waals surface area (Å²) in [5, 5.41) is 4.20. The maximum Gasteiger partial charge on any atom is 0.251 e. The third kappa shape index (κ3) is 5.68. The Morgan fingerprint density at radius 1 is 0.921 bits per heavy atom. The zero-order chi connectivity index (χ0) is 27.5. The molecule has 4 rings (SSSR count). The lowest BCUT2D eigenvalue weighted by Crippen LogP contribution is -2.43. The topological polar surface area (TPSA) is 91.0 Å².